The van der Waals surface area contributed by atoms with Gasteiger partial charge in [0.15, 0.2) is 0 Å². The topological polar surface area (TPSA) is 53.5 Å². The van der Waals surface area contributed by atoms with Crippen molar-refractivity contribution in [2.24, 2.45) is 0 Å². The van der Waals surface area contributed by atoms with Crippen molar-refractivity contribution in [2.45, 2.75) is 44.1 Å². The van der Waals surface area contributed by atoms with Crippen molar-refractivity contribution in [2.75, 3.05) is 6.54 Å². The molecule has 0 bridgehead atoms. The molecule has 9 heteroatoms. The van der Waals surface area contributed by atoms with Crippen LogP contribution in [-0.4, -0.2) is 51.4 Å². The van der Waals surface area contributed by atoms with Gasteiger partial charge in [-0.2, -0.15) is 13.2 Å². The van der Waals surface area contributed by atoms with Crippen LogP contribution in [0.4, 0.5) is 13.2 Å². The quantitative estimate of drug-likeness (QED) is 0.241. The van der Waals surface area contributed by atoms with Gasteiger partial charge in [-0.15, -0.1) is 0 Å². The number of pyridine rings is 1. The predicted molar refractivity (Wildman–Crippen MR) is 150 cm³/mol. The molecule has 0 N–H and O–H groups in total. The smallest absolute Gasteiger partial charge is 0.335 e. The Morgan fingerprint density at radius 2 is 1.73 bits per heavy atom. The number of amides is 2. The van der Waals surface area contributed by atoms with Gasteiger partial charge >= 0.3 is 12.1 Å². The van der Waals surface area contributed by atoms with E-state index in [0.29, 0.717) is 28.5 Å². The Labute approximate surface area is 238 Å². The number of carbonyl (C=O) groups excluding carboxylic acids is 2. The molecular formula is C31H27BrF3N3O2. The fourth-order valence-corrected chi connectivity index (χ4v) is 5.85. The molecule has 2 amide bonds. The highest BCUT2D eigenvalue weighted by Crippen LogP contribution is 2.32. The van der Waals surface area contributed by atoms with E-state index in [1.165, 1.54) is 0 Å². The van der Waals surface area contributed by atoms with E-state index in [-0.39, 0.29) is 31.8 Å². The normalized spacial score (nSPS) is 17.6. The molecule has 1 aliphatic heterocycles. The molecule has 40 heavy (non-hydrogen) atoms. The first-order valence-electron chi connectivity index (χ1n) is 13.0. The second-order valence-electron chi connectivity index (χ2n) is 9.95. The van der Waals surface area contributed by atoms with Gasteiger partial charge in [0.1, 0.15) is 0 Å². The van der Waals surface area contributed by atoms with E-state index in [0.717, 1.165) is 14.9 Å². The van der Waals surface area contributed by atoms with Gasteiger partial charge in [-0.1, -0.05) is 70.5 Å². The van der Waals surface area contributed by atoms with Crippen molar-refractivity contribution in [3.63, 3.8) is 0 Å². The molecule has 0 unspecified atom stereocenters. The molecule has 2 atom stereocenters. The highest BCUT2D eigenvalue weighted by Gasteiger charge is 2.46. The Hall–Kier alpha value is -3.72. The zero-order valence-electron chi connectivity index (χ0n) is 21.5. The number of likely N-dealkylation sites (tertiary alicyclic amines) is 1. The van der Waals surface area contributed by atoms with Crippen molar-refractivity contribution < 1.29 is 22.8 Å². The van der Waals surface area contributed by atoms with Crippen LogP contribution in [0.15, 0.2) is 95.6 Å². The molecule has 206 valence electrons. The number of carbonyl (C=O) groups is 2. The number of benzene rings is 3. The summed E-state index contributed by atoms with van der Waals surface area (Å²) in [4.78, 5) is 33.4. The van der Waals surface area contributed by atoms with E-state index in [2.05, 4.69) is 20.9 Å². The van der Waals surface area contributed by atoms with Crippen LogP contribution in [0.25, 0.3) is 10.9 Å². The molecule has 1 saturated heterocycles. The van der Waals surface area contributed by atoms with Gasteiger partial charge in [0.2, 0.25) is 0 Å². The zero-order chi connectivity index (χ0) is 28.3. The largest absolute Gasteiger partial charge is 0.471 e. The van der Waals surface area contributed by atoms with Crippen LogP contribution in [0, 0.1) is 0 Å². The number of piperidine rings is 1. The minimum absolute atomic E-state index is 0.186. The third-order valence-electron chi connectivity index (χ3n) is 7.36. The third kappa shape index (κ3) is 6.20. The number of fused-ring (bicyclic) bond motifs is 1. The van der Waals surface area contributed by atoms with Crippen LogP contribution >= 0.6 is 15.9 Å². The summed E-state index contributed by atoms with van der Waals surface area (Å²) in [6.45, 7) is 0.0237. The fraction of sp³-hybridized carbons (Fsp3) is 0.258. The molecule has 1 aromatic heterocycles. The lowest BCUT2D eigenvalue weighted by Gasteiger charge is -2.44. The van der Waals surface area contributed by atoms with Crippen LogP contribution < -0.4 is 0 Å². The molecule has 5 rings (SSSR count). The van der Waals surface area contributed by atoms with Gasteiger partial charge in [-0.05, 0) is 60.7 Å². The second kappa shape index (κ2) is 11.8. The first kappa shape index (κ1) is 27.8. The second-order valence-corrected chi connectivity index (χ2v) is 10.9. The maximum Gasteiger partial charge on any atom is 0.471 e. The van der Waals surface area contributed by atoms with E-state index in [9.17, 15) is 22.8 Å². The van der Waals surface area contributed by atoms with Gasteiger partial charge in [-0.25, -0.2) is 0 Å². The highest BCUT2D eigenvalue weighted by molar-refractivity contribution is 9.10. The lowest BCUT2D eigenvalue weighted by atomic mass is 9.90. The molecule has 3 aromatic carbocycles. The van der Waals surface area contributed by atoms with Gasteiger partial charge in [0.25, 0.3) is 5.91 Å². The van der Waals surface area contributed by atoms with Crippen molar-refractivity contribution in [1.29, 1.82) is 0 Å². The standard InChI is InChI=1S/C31H27BrF3N3O2/c32-24-10-6-9-22(18-24)29(39)37-16-14-25(19-26(37)17-21-7-2-1-3-8-21)38(30(40)31(33,34)35)20-23-13-15-36-28-12-5-4-11-27(23)28/h1-13,15,18,25-26H,14,16-17,19-20H2/t25-,26+/m0/s1. The molecule has 1 aliphatic rings. The SMILES string of the molecule is O=C(c1cccc(Br)c1)N1CC[C@H](N(Cc2ccnc3ccccc23)C(=O)C(F)(F)F)C[C@H]1Cc1ccccc1. The number of nitrogens with zero attached hydrogens (tertiary/aromatic N) is 3. The molecule has 0 aliphatic carbocycles. The van der Waals surface area contributed by atoms with Gasteiger partial charge in [0, 0.05) is 46.8 Å². The third-order valence-corrected chi connectivity index (χ3v) is 7.85. The number of hydrogen-bond acceptors (Lipinski definition) is 3. The summed E-state index contributed by atoms with van der Waals surface area (Å²) in [5, 5.41) is 0.702. The molecule has 0 saturated carbocycles. The maximum atomic E-state index is 13.9. The summed E-state index contributed by atoms with van der Waals surface area (Å²) in [5.74, 6) is -2.06. The minimum Gasteiger partial charge on any atom is -0.335 e. The molecule has 0 spiro atoms. The monoisotopic (exact) mass is 609 g/mol. The van der Waals surface area contributed by atoms with E-state index in [4.69, 9.17) is 0 Å². The average Bonchev–Trinajstić information content (AvgIpc) is 2.95. The summed E-state index contributed by atoms with van der Waals surface area (Å²) in [7, 11) is 0. The van der Waals surface area contributed by atoms with Crippen LogP contribution in [0.1, 0.15) is 34.3 Å². The first-order chi connectivity index (χ1) is 19.2. The van der Waals surface area contributed by atoms with Crippen molar-refractivity contribution in [3.05, 3.63) is 112 Å². The minimum atomic E-state index is -5.03. The zero-order valence-corrected chi connectivity index (χ0v) is 23.1. The summed E-state index contributed by atoms with van der Waals surface area (Å²) in [5.41, 5.74) is 2.71. The van der Waals surface area contributed by atoms with Crippen LogP contribution in [0.5, 0.6) is 0 Å². The Bertz CT molecular complexity index is 1510. The number of aromatic nitrogens is 1. The van der Waals surface area contributed by atoms with E-state index in [1.807, 2.05) is 42.5 Å². The summed E-state index contributed by atoms with van der Waals surface area (Å²) in [6.07, 6.45) is -2.56. The molecule has 5 nitrogen and oxygen atoms in total. The summed E-state index contributed by atoms with van der Waals surface area (Å²) >= 11 is 3.41. The van der Waals surface area contributed by atoms with Crippen molar-refractivity contribution in [1.82, 2.24) is 14.8 Å². The lowest BCUT2D eigenvalue weighted by molar-refractivity contribution is -0.189. The van der Waals surface area contributed by atoms with Crippen molar-refractivity contribution in [3.8, 4) is 0 Å². The number of alkyl halides is 3. The summed E-state index contributed by atoms with van der Waals surface area (Å²) in [6, 6.07) is 24.4. The Morgan fingerprint density at radius 3 is 2.48 bits per heavy atom. The van der Waals surface area contributed by atoms with Crippen LogP contribution in [0.2, 0.25) is 0 Å². The number of rotatable bonds is 6. The molecule has 4 aromatic rings. The highest BCUT2D eigenvalue weighted by atomic mass is 79.9. The number of para-hydroxylation sites is 1. The number of hydrogen-bond donors (Lipinski definition) is 0. The van der Waals surface area contributed by atoms with Gasteiger partial charge in [-0.3, -0.25) is 14.6 Å². The van der Waals surface area contributed by atoms with Crippen LogP contribution in [0.3, 0.4) is 0 Å². The molecule has 2 heterocycles. The molecular weight excluding hydrogens is 583 g/mol. The average molecular weight is 610 g/mol. The first-order valence-corrected chi connectivity index (χ1v) is 13.8. The lowest BCUT2D eigenvalue weighted by Crippen LogP contribution is -2.55. The van der Waals surface area contributed by atoms with Crippen LogP contribution in [-0.2, 0) is 17.8 Å². The Balaban J connectivity index is 1.48. The number of halogens is 4. The van der Waals surface area contributed by atoms with Crippen molar-refractivity contribution >= 4 is 38.6 Å². The van der Waals surface area contributed by atoms with Gasteiger partial charge in [0.05, 0.1) is 5.52 Å². The Kier molecular flexibility index (Phi) is 8.21. The van der Waals surface area contributed by atoms with E-state index >= 15 is 0 Å². The predicted octanol–water partition coefficient (Wildman–Crippen LogP) is 6.80. The molecule has 0 radical (unpaired) electrons. The van der Waals surface area contributed by atoms with Gasteiger partial charge < -0.3 is 9.80 Å². The van der Waals surface area contributed by atoms with E-state index < -0.39 is 24.2 Å². The molecule has 1 fully saturated rings. The fourth-order valence-electron chi connectivity index (χ4n) is 5.45. The maximum absolute atomic E-state index is 13.9. The Morgan fingerprint density at radius 1 is 0.975 bits per heavy atom. The van der Waals surface area contributed by atoms with E-state index in [1.54, 1.807) is 53.6 Å². The summed E-state index contributed by atoms with van der Waals surface area (Å²) < 4.78 is 42.5.